The van der Waals surface area contributed by atoms with Gasteiger partial charge in [0.05, 0.1) is 11.3 Å². The van der Waals surface area contributed by atoms with Gasteiger partial charge in [-0.05, 0) is 36.3 Å². The lowest BCUT2D eigenvalue weighted by molar-refractivity contribution is -0.137. The quantitative estimate of drug-likeness (QED) is 0.634. The maximum Gasteiger partial charge on any atom is 0.416 e. The molecule has 19 heavy (non-hydrogen) atoms. The van der Waals surface area contributed by atoms with Gasteiger partial charge in [0.25, 0.3) is 8.32 Å². The monoisotopic (exact) mass is 291 g/mol. The van der Waals surface area contributed by atoms with Gasteiger partial charge in [-0.3, -0.25) is 0 Å². The third-order valence-corrected chi connectivity index (χ3v) is 7.85. The van der Waals surface area contributed by atoms with Crippen LogP contribution in [0, 0.1) is 0 Å². The van der Waals surface area contributed by atoms with Crippen LogP contribution in [0.15, 0.2) is 18.2 Å². The molecule has 1 aromatic carbocycles. The highest BCUT2D eigenvalue weighted by Gasteiger charge is 2.39. The fourth-order valence-electron chi connectivity index (χ4n) is 1.25. The summed E-state index contributed by atoms with van der Waals surface area (Å²) in [5, 5.41) is -0.0395. The van der Waals surface area contributed by atoms with Crippen LogP contribution in [0.3, 0.4) is 0 Å². The number of hydrogen-bond acceptors (Lipinski definition) is 2. The van der Waals surface area contributed by atoms with E-state index in [0.29, 0.717) is 5.75 Å². The first kappa shape index (κ1) is 15.9. The van der Waals surface area contributed by atoms with E-state index in [1.54, 1.807) is 0 Å². The van der Waals surface area contributed by atoms with Gasteiger partial charge in [-0.2, -0.15) is 13.2 Å². The van der Waals surface area contributed by atoms with Crippen molar-refractivity contribution in [3.63, 3.8) is 0 Å². The second-order valence-electron chi connectivity index (χ2n) is 6.11. The SMILES string of the molecule is CC(C)(C)[Si](C)(C)Oc1ccc(C(F)(F)F)cc1N. The van der Waals surface area contributed by atoms with Gasteiger partial charge >= 0.3 is 6.18 Å². The van der Waals surface area contributed by atoms with Crippen LogP contribution in [0.2, 0.25) is 18.1 Å². The summed E-state index contributed by atoms with van der Waals surface area (Å²) in [6.45, 7) is 10.2. The third kappa shape index (κ3) is 3.65. The van der Waals surface area contributed by atoms with E-state index in [0.717, 1.165) is 12.1 Å². The van der Waals surface area contributed by atoms with Crippen LogP contribution in [0.5, 0.6) is 5.75 Å². The fraction of sp³-hybridized carbons (Fsp3) is 0.538. The lowest BCUT2D eigenvalue weighted by Crippen LogP contribution is -2.44. The maximum absolute atomic E-state index is 12.5. The van der Waals surface area contributed by atoms with Gasteiger partial charge in [-0.15, -0.1) is 0 Å². The average Bonchev–Trinajstić information content (AvgIpc) is 2.17. The number of alkyl halides is 3. The average molecular weight is 291 g/mol. The second-order valence-corrected chi connectivity index (χ2v) is 10.8. The van der Waals surface area contributed by atoms with Crippen LogP contribution in [0.25, 0.3) is 0 Å². The predicted molar refractivity (Wildman–Crippen MR) is 73.7 cm³/mol. The Kier molecular flexibility index (Phi) is 3.96. The van der Waals surface area contributed by atoms with E-state index in [4.69, 9.17) is 10.2 Å². The highest BCUT2D eigenvalue weighted by molar-refractivity contribution is 6.74. The molecule has 108 valence electrons. The van der Waals surface area contributed by atoms with Crippen molar-refractivity contribution < 1.29 is 17.6 Å². The zero-order valence-corrected chi connectivity index (χ0v) is 12.9. The topological polar surface area (TPSA) is 35.2 Å². The summed E-state index contributed by atoms with van der Waals surface area (Å²) in [4.78, 5) is 0. The van der Waals surface area contributed by atoms with Crippen molar-refractivity contribution >= 4 is 14.0 Å². The highest BCUT2D eigenvalue weighted by atomic mass is 28.4. The summed E-state index contributed by atoms with van der Waals surface area (Å²) in [6.07, 6.45) is -4.39. The first-order chi connectivity index (χ1) is 8.34. The standard InChI is InChI=1S/C13H20F3NOSi/c1-12(2,3)19(4,5)18-11-7-6-9(8-10(11)17)13(14,15)16/h6-8H,17H2,1-5H3. The lowest BCUT2D eigenvalue weighted by atomic mass is 10.2. The molecule has 0 bridgehead atoms. The summed E-state index contributed by atoms with van der Waals surface area (Å²) in [6, 6.07) is 3.22. The molecule has 0 fully saturated rings. The molecule has 6 heteroatoms. The van der Waals surface area contributed by atoms with Gasteiger partial charge < -0.3 is 10.2 Å². The molecule has 0 saturated heterocycles. The van der Waals surface area contributed by atoms with Crippen LogP contribution in [0.1, 0.15) is 26.3 Å². The molecular formula is C13H20F3NOSi. The van der Waals surface area contributed by atoms with Crippen molar-refractivity contribution in [2.24, 2.45) is 0 Å². The van der Waals surface area contributed by atoms with Gasteiger partial charge in [0.2, 0.25) is 0 Å². The summed E-state index contributed by atoms with van der Waals surface area (Å²) >= 11 is 0. The zero-order chi connectivity index (χ0) is 15.1. The predicted octanol–water partition coefficient (Wildman–Crippen LogP) is 4.67. The molecule has 0 aliphatic carbocycles. The molecule has 0 amide bonds. The molecule has 0 aromatic heterocycles. The Labute approximate surface area is 112 Å². The normalized spacial score (nSPS) is 13.5. The minimum absolute atomic E-state index is 0.0275. The molecule has 0 heterocycles. The molecule has 0 unspecified atom stereocenters. The van der Waals surface area contributed by atoms with Crippen LogP contribution in [-0.2, 0) is 6.18 Å². The van der Waals surface area contributed by atoms with Crippen molar-refractivity contribution in [1.29, 1.82) is 0 Å². The van der Waals surface area contributed by atoms with Crippen LogP contribution < -0.4 is 10.2 Å². The number of hydrogen-bond donors (Lipinski definition) is 1. The second kappa shape index (κ2) is 4.74. The van der Waals surface area contributed by atoms with Crippen molar-refractivity contribution in [3.05, 3.63) is 23.8 Å². The largest absolute Gasteiger partial charge is 0.542 e. The van der Waals surface area contributed by atoms with E-state index in [2.05, 4.69) is 20.8 Å². The van der Waals surface area contributed by atoms with Crippen molar-refractivity contribution in [2.45, 2.75) is 45.1 Å². The minimum atomic E-state index is -4.39. The van der Waals surface area contributed by atoms with Crippen molar-refractivity contribution in [3.8, 4) is 5.75 Å². The number of anilines is 1. The summed E-state index contributed by atoms with van der Waals surface area (Å²) < 4.78 is 43.5. The first-order valence-electron chi connectivity index (χ1n) is 6.00. The summed E-state index contributed by atoms with van der Waals surface area (Å²) in [7, 11) is -2.10. The Morgan fingerprint density at radius 1 is 1.11 bits per heavy atom. The molecule has 2 N–H and O–H groups in total. The fourth-order valence-corrected chi connectivity index (χ4v) is 2.29. The maximum atomic E-state index is 12.5. The Morgan fingerprint density at radius 2 is 1.63 bits per heavy atom. The van der Waals surface area contributed by atoms with Crippen molar-refractivity contribution in [2.75, 3.05) is 5.73 Å². The Balaban J connectivity index is 3.06. The summed E-state index contributed by atoms with van der Waals surface area (Å²) in [5.41, 5.74) is 4.94. The summed E-state index contributed by atoms with van der Waals surface area (Å²) in [5.74, 6) is 0.333. The van der Waals surface area contributed by atoms with Crippen LogP contribution >= 0.6 is 0 Å². The molecule has 0 atom stereocenters. The molecule has 0 spiro atoms. The molecule has 2 nitrogen and oxygen atoms in total. The Morgan fingerprint density at radius 3 is 2.00 bits per heavy atom. The van der Waals surface area contributed by atoms with E-state index < -0.39 is 20.1 Å². The van der Waals surface area contributed by atoms with E-state index >= 15 is 0 Å². The molecular weight excluding hydrogens is 271 g/mol. The molecule has 0 aliphatic rings. The van der Waals surface area contributed by atoms with E-state index in [9.17, 15) is 13.2 Å². The van der Waals surface area contributed by atoms with Gasteiger partial charge in [-0.25, -0.2) is 0 Å². The number of nitrogen functional groups attached to an aromatic ring is 1. The minimum Gasteiger partial charge on any atom is -0.542 e. The van der Waals surface area contributed by atoms with E-state index in [-0.39, 0.29) is 10.7 Å². The highest BCUT2D eigenvalue weighted by Crippen LogP contribution is 2.40. The van der Waals surface area contributed by atoms with Gasteiger partial charge in [0.1, 0.15) is 5.75 Å². The van der Waals surface area contributed by atoms with Gasteiger partial charge in [-0.1, -0.05) is 20.8 Å². The van der Waals surface area contributed by atoms with Crippen LogP contribution in [-0.4, -0.2) is 8.32 Å². The van der Waals surface area contributed by atoms with Gasteiger partial charge in [0, 0.05) is 0 Å². The molecule has 1 aromatic rings. The Bertz CT molecular complexity index is 464. The van der Waals surface area contributed by atoms with Crippen molar-refractivity contribution in [1.82, 2.24) is 0 Å². The Hall–Kier alpha value is -1.17. The number of benzene rings is 1. The zero-order valence-electron chi connectivity index (χ0n) is 11.9. The number of rotatable bonds is 2. The van der Waals surface area contributed by atoms with E-state index in [1.165, 1.54) is 6.07 Å². The van der Waals surface area contributed by atoms with Gasteiger partial charge in [0.15, 0.2) is 0 Å². The number of nitrogens with two attached hydrogens (primary N) is 1. The van der Waals surface area contributed by atoms with E-state index in [1.807, 2.05) is 13.1 Å². The molecule has 1 rings (SSSR count). The van der Waals surface area contributed by atoms with Crippen LogP contribution in [0.4, 0.5) is 18.9 Å². The lowest BCUT2D eigenvalue weighted by Gasteiger charge is -2.36. The molecule has 0 radical (unpaired) electrons. The first-order valence-corrected chi connectivity index (χ1v) is 8.91. The third-order valence-electron chi connectivity index (χ3n) is 3.51. The molecule has 0 aliphatic heterocycles. The number of halogens is 3. The molecule has 0 saturated carbocycles. The smallest absolute Gasteiger partial charge is 0.416 e.